The van der Waals surface area contributed by atoms with Crippen molar-refractivity contribution in [3.8, 4) is 0 Å². The van der Waals surface area contributed by atoms with E-state index in [1.165, 1.54) is 0 Å². The zero-order chi connectivity index (χ0) is 14.5. The molecule has 108 valence electrons. The summed E-state index contributed by atoms with van der Waals surface area (Å²) in [6, 6.07) is 7.04. The monoisotopic (exact) mass is 422 g/mol. The normalized spacial score (nSPS) is 12.7. The van der Waals surface area contributed by atoms with E-state index in [2.05, 4.69) is 31.9 Å². The molecule has 0 aliphatic rings. The Balaban J connectivity index is 2.85. The molecule has 0 atom stereocenters. The zero-order valence-electron chi connectivity index (χ0n) is 9.81. The van der Waals surface area contributed by atoms with Crippen molar-refractivity contribution in [3.63, 3.8) is 0 Å². The third kappa shape index (κ3) is 5.25. The van der Waals surface area contributed by atoms with Crippen LogP contribution in [0.25, 0.3) is 0 Å². The summed E-state index contributed by atoms with van der Waals surface area (Å²) in [7, 11) is 0. The highest BCUT2D eigenvalue weighted by Crippen LogP contribution is 2.31. The Hall–Kier alpha value is 0.220. The highest BCUT2D eigenvalue weighted by molar-refractivity contribution is 9.09. The van der Waals surface area contributed by atoms with Gasteiger partial charge >= 0.3 is 6.18 Å². The minimum atomic E-state index is -4.32. The molecule has 1 nitrogen and oxygen atoms in total. The summed E-state index contributed by atoms with van der Waals surface area (Å²) in [5, 5.41) is 1.46. The summed E-state index contributed by atoms with van der Waals surface area (Å²) < 4.78 is 41.2. The van der Waals surface area contributed by atoms with Gasteiger partial charge in [-0.1, -0.05) is 55.6 Å². The van der Waals surface area contributed by atoms with Gasteiger partial charge in [0.1, 0.15) is 6.61 Å². The highest BCUT2D eigenvalue weighted by Gasteiger charge is 2.34. The van der Waals surface area contributed by atoms with E-state index < -0.39 is 18.2 Å². The van der Waals surface area contributed by atoms with Crippen LogP contribution < -0.4 is 0 Å². The number of benzene rings is 1. The van der Waals surface area contributed by atoms with Gasteiger partial charge in [-0.25, -0.2) is 0 Å². The third-order valence-corrected chi connectivity index (χ3v) is 4.97. The minimum absolute atomic E-state index is 0.0522. The van der Waals surface area contributed by atoms with Crippen molar-refractivity contribution >= 4 is 43.5 Å². The molecule has 0 bridgehead atoms. The molecular formula is C12H12Br2ClF3O. The average Bonchev–Trinajstić information content (AvgIpc) is 2.34. The molecular weight excluding hydrogens is 412 g/mol. The Morgan fingerprint density at radius 3 is 2.21 bits per heavy atom. The van der Waals surface area contributed by atoms with Crippen LogP contribution in [0.2, 0.25) is 5.02 Å². The second-order valence-electron chi connectivity index (χ2n) is 4.17. The van der Waals surface area contributed by atoms with Gasteiger partial charge in [-0.05, 0) is 17.7 Å². The van der Waals surface area contributed by atoms with Crippen LogP contribution in [0, 0.1) is 0 Å². The van der Waals surface area contributed by atoms with E-state index in [0.29, 0.717) is 15.7 Å². The molecule has 0 unspecified atom stereocenters. The predicted octanol–water partition coefficient (Wildman–Crippen LogP) is 4.95. The molecule has 0 fully saturated rings. The van der Waals surface area contributed by atoms with Crippen molar-refractivity contribution in [2.24, 2.45) is 0 Å². The fourth-order valence-electron chi connectivity index (χ4n) is 1.53. The number of hydrogen-bond acceptors (Lipinski definition) is 1. The number of alkyl halides is 5. The summed E-state index contributed by atoms with van der Waals surface area (Å²) in [5.41, 5.74) is 0.242. The summed E-state index contributed by atoms with van der Waals surface area (Å²) in [6.45, 7) is -1.31. The largest absolute Gasteiger partial charge is 0.411 e. The van der Waals surface area contributed by atoms with Crippen molar-refractivity contribution in [1.29, 1.82) is 0 Å². The SMILES string of the molecule is FC(F)(F)COCC(CBr)(CBr)c1cccc(Cl)c1. The molecule has 0 heterocycles. The van der Waals surface area contributed by atoms with Gasteiger partial charge in [0.2, 0.25) is 0 Å². The number of rotatable bonds is 6. The maximum Gasteiger partial charge on any atom is 0.411 e. The van der Waals surface area contributed by atoms with E-state index in [4.69, 9.17) is 16.3 Å². The Bertz CT molecular complexity index is 408. The van der Waals surface area contributed by atoms with E-state index in [1.807, 2.05) is 6.07 Å². The molecule has 0 aliphatic carbocycles. The fraction of sp³-hybridized carbons (Fsp3) is 0.500. The molecule has 0 saturated heterocycles. The standard InChI is InChI=1S/C12H12Br2ClF3O/c13-5-11(6-14,7-19-8-12(16,17)18)9-2-1-3-10(15)4-9/h1-4H,5-8H2. The smallest absolute Gasteiger partial charge is 0.371 e. The van der Waals surface area contributed by atoms with E-state index >= 15 is 0 Å². The Kier molecular flexibility index (Phi) is 6.63. The summed E-state index contributed by atoms with van der Waals surface area (Å²) in [5.74, 6) is 0. The van der Waals surface area contributed by atoms with E-state index in [-0.39, 0.29) is 6.61 Å². The van der Waals surface area contributed by atoms with Gasteiger partial charge in [0.05, 0.1) is 6.61 Å². The van der Waals surface area contributed by atoms with Gasteiger partial charge in [-0.3, -0.25) is 0 Å². The molecule has 0 saturated carbocycles. The number of halogens is 6. The molecule has 7 heteroatoms. The van der Waals surface area contributed by atoms with Gasteiger partial charge in [0, 0.05) is 21.1 Å². The molecule has 0 spiro atoms. The van der Waals surface area contributed by atoms with Crippen LogP contribution in [-0.4, -0.2) is 30.1 Å². The van der Waals surface area contributed by atoms with Crippen LogP contribution in [0.1, 0.15) is 5.56 Å². The number of hydrogen-bond donors (Lipinski definition) is 0. The molecule has 0 amide bonds. The molecule has 0 N–H and O–H groups in total. The van der Waals surface area contributed by atoms with E-state index in [1.54, 1.807) is 18.2 Å². The Morgan fingerprint density at radius 1 is 1.11 bits per heavy atom. The first-order valence-corrected chi connectivity index (χ1v) is 7.97. The zero-order valence-corrected chi connectivity index (χ0v) is 13.7. The molecule has 1 aromatic carbocycles. The van der Waals surface area contributed by atoms with Crippen LogP contribution in [-0.2, 0) is 10.2 Å². The molecule has 1 aromatic rings. The van der Waals surface area contributed by atoms with Gasteiger partial charge in [0.15, 0.2) is 0 Å². The van der Waals surface area contributed by atoms with Crippen molar-refractivity contribution in [3.05, 3.63) is 34.9 Å². The van der Waals surface area contributed by atoms with E-state index in [9.17, 15) is 13.2 Å². The number of ether oxygens (including phenoxy) is 1. The van der Waals surface area contributed by atoms with Crippen molar-refractivity contribution in [1.82, 2.24) is 0 Å². The van der Waals surface area contributed by atoms with Crippen LogP contribution in [0.3, 0.4) is 0 Å². The summed E-state index contributed by atoms with van der Waals surface area (Å²) >= 11 is 12.6. The molecule has 0 aromatic heterocycles. The van der Waals surface area contributed by atoms with Crippen molar-refractivity contribution in [2.75, 3.05) is 23.9 Å². The first kappa shape index (κ1) is 17.3. The lowest BCUT2D eigenvalue weighted by molar-refractivity contribution is -0.176. The molecule has 0 aliphatic heterocycles. The van der Waals surface area contributed by atoms with Gasteiger partial charge in [0.25, 0.3) is 0 Å². The second-order valence-corrected chi connectivity index (χ2v) is 5.72. The first-order chi connectivity index (χ1) is 8.83. The van der Waals surface area contributed by atoms with Crippen LogP contribution in [0.5, 0.6) is 0 Å². The quantitative estimate of drug-likeness (QED) is 0.588. The highest BCUT2D eigenvalue weighted by atomic mass is 79.9. The maximum absolute atomic E-state index is 12.1. The summed E-state index contributed by atoms with van der Waals surface area (Å²) in [6.07, 6.45) is -4.32. The van der Waals surface area contributed by atoms with Crippen LogP contribution >= 0.6 is 43.5 Å². The Labute approximate surface area is 131 Å². The lowest BCUT2D eigenvalue weighted by Crippen LogP contribution is -2.37. The van der Waals surface area contributed by atoms with Gasteiger partial charge in [-0.2, -0.15) is 13.2 Å². The van der Waals surface area contributed by atoms with Crippen molar-refractivity contribution < 1.29 is 17.9 Å². The lowest BCUT2D eigenvalue weighted by Gasteiger charge is -2.30. The molecule has 19 heavy (non-hydrogen) atoms. The molecule has 0 radical (unpaired) electrons. The Morgan fingerprint density at radius 2 is 1.74 bits per heavy atom. The maximum atomic E-state index is 12.1. The summed E-state index contributed by atoms with van der Waals surface area (Å²) in [4.78, 5) is 0. The van der Waals surface area contributed by atoms with Crippen LogP contribution in [0.15, 0.2) is 24.3 Å². The minimum Gasteiger partial charge on any atom is -0.371 e. The van der Waals surface area contributed by atoms with Crippen molar-refractivity contribution in [2.45, 2.75) is 11.6 Å². The topological polar surface area (TPSA) is 9.23 Å². The van der Waals surface area contributed by atoms with Gasteiger partial charge < -0.3 is 4.74 Å². The van der Waals surface area contributed by atoms with Crippen LogP contribution in [0.4, 0.5) is 13.2 Å². The fourth-order valence-corrected chi connectivity index (χ4v) is 3.62. The van der Waals surface area contributed by atoms with E-state index in [0.717, 1.165) is 5.56 Å². The second kappa shape index (κ2) is 7.29. The lowest BCUT2D eigenvalue weighted by atomic mass is 9.85. The predicted molar refractivity (Wildman–Crippen MR) is 77.6 cm³/mol. The first-order valence-electron chi connectivity index (χ1n) is 5.35. The molecule has 1 rings (SSSR count). The third-order valence-electron chi connectivity index (χ3n) is 2.59. The average molecular weight is 424 g/mol. The van der Waals surface area contributed by atoms with Gasteiger partial charge in [-0.15, -0.1) is 0 Å².